The van der Waals surface area contributed by atoms with Crippen LogP contribution in [-0.4, -0.2) is 16.9 Å². The van der Waals surface area contributed by atoms with Gasteiger partial charge in [0, 0.05) is 12.1 Å². The third-order valence-corrected chi connectivity index (χ3v) is 2.22. The maximum atomic E-state index is 11.7. The molecule has 0 aliphatic rings. The number of aromatic amines is 1. The van der Waals surface area contributed by atoms with Crippen molar-refractivity contribution in [2.45, 2.75) is 33.2 Å². The summed E-state index contributed by atoms with van der Waals surface area (Å²) < 4.78 is 0. The zero-order chi connectivity index (χ0) is 12.1. The molecule has 0 aliphatic carbocycles. The fraction of sp³-hybridized carbons (Fsp3) is 0.500. The summed E-state index contributed by atoms with van der Waals surface area (Å²) in [6, 6.07) is 4.66. The van der Waals surface area contributed by atoms with E-state index in [0.717, 1.165) is 6.42 Å². The minimum atomic E-state index is -0.260. The van der Waals surface area contributed by atoms with Gasteiger partial charge in [-0.1, -0.05) is 19.9 Å². The van der Waals surface area contributed by atoms with Gasteiger partial charge < -0.3 is 10.3 Å². The lowest BCUT2D eigenvalue weighted by molar-refractivity contribution is 0.0931. The Labute approximate surface area is 95.1 Å². The van der Waals surface area contributed by atoms with Crippen molar-refractivity contribution < 1.29 is 4.79 Å². The molecule has 1 aromatic rings. The third kappa shape index (κ3) is 3.88. The Bertz CT molecular complexity index is 409. The van der Waals surface area contributed by atoms with Crippen LogP contribution in [0.5, 0.6) is 0 Å². The predicted molar refractivity (Wildman–Crippen MR) is 63.4 cm³/mol. The molecule has 0 aromatic carbocycles. The Kier molecular flexibility index (Phi) is 4.28. The number of rotatable bonds is 4. The molecule has 1 amide bonds. The van der Waals surface area contributed by atoms with Crippen LogP contribution in [0.25, 0.3) is 0 Å². The van der Waals surface area contributed by atoms with Crippen molar-refractivity contribution in [3.05, 3.63) is 34.2 Å². The van der Waals surface area contributed by atoms with Crippen LogP contribution < -0.4 is 10.9 Å². The van der Waals surface area contributed by atoms with Crippen LogP contribution in [0.4, 0.5) is 0 Å². The monoisotopic (exact) mass is 222 g/mol. The Morgan fingerprint density at radius 2 is 2.06 bits per heavy atom. The van der Waals surface area contributed by atoms with E-state index in [4.69, 9.17) is 0 Å². The third-order valence-electron chi connectivity index (χ3n) is 2.22. The average Bonchev–Trinajstić information content (AvgIpc) is 2.16. The highest BCUT2D eigenvalue weighted by Crippen LogP contribution is 2.04. The normalized spacial score (nSPS) is 12.5. The highest BCUT2D eigenvalue weighted by molar-refractivity contribution is 5.92. The number of aromatic nitrogens is 1. The molecule has 4 nitrogen and oxygen atoms in total. The number of carbonyl (C=O) groups excluding carboxylic acids is 1. The molecule has 88 valence electrons. The second-order valence-electron chi connectivity index (χ2n) is 4.43. The van der Waals surface area contributed by atoms with Crippen LogP contribution in [0.1, 0.15) is 37.7 Å². The van der Waals surface area contributed by atoms with Crippen molar-refractivity contribution in [2.75, 3.05) is 0 Å². The van der Waals surface area contributed by atoms with Gasteiger partial charge in [-0.05, 0) is 25.3 Å². The molecule has 1 unspecified atom stereocenters. The van der Waals surface area contributed by atoms with E-state index < -0.39 is 0 Å². The summed E-state index contributed by atoms with van der Waals surface area (Å²) in [6.07, 6.45) is 0.919. The van der Waals surface area contributed by atoms with E-state index in [1.54, 1.807) is 12.1 Å². The van der Waals surface area contributed by atoms with E-state index >= 15 is 0 Å². The van der Waals surface area contributed by atoms with Gasteiger partial charge in [0.2, 0.25) is 5.56 Å². The number of pyridine rings is 1. The van der Waals surface area contributed by atoms with Crippen LogP contribution >= 0.6 is 0 Å². The highest BCUT2D eigenvalue weighted by atomic mass is 16.2. The minimum absolute atomic E-state index is 0.108. The molecule has 0 bridgehead atoms. The largest absolute Gasteiger partial charge is 0.348 e. The lowest BCUT2D eigenvalue weighted by Crippen LogP contribution is -2.34. The number of carbonyl (C=O) groups is 1. The van der Waals surface area contributed by atoms with Crippen molar-refractivity contribution in [1.29, 1.82) is 0 Å². The van der Waals surface area contributed by atoms with Gasteiger partial charge in [0.05, 0.1) is 0 Å². The van der Waals surface area contributed by atoms with Gasteiger partial charge in [-0.3, -0.25) is 9.59 Å². The standard InChI is InChI=1S/C12H18N2O2/c1-8(2)7-9(3)13-12(16)10-5-4-6-11(15)14-10/h4-6,8-9H,7H2,1-3H3,(H,13,16)(H,14,15). The van der Waals surface area contributed by atoms with Gasteiger partial charge >= 0.3 is 0 Å². The maximum Gasteiger partial charge on any atom is 0.268 e. The predicted octanol–water partition coefficient (Wildman–Crippen LogP) is 1.54. The lowest BCUT2D eigenvalue weighted by atomic mass is 10.1. The smallest absolute Gasteiger partial charge is 0.268 e. The summed E-state index contributed by atoms with van der Waals surface area (Å²) in [6.45, 7) is 6.17. The van der Waals surface area contributed by atoms with Crippen molar-refractivity contribution in [3.63, 3.8) is 0 Å². The fourth-order valence-electron chi connectivity index (χ4n) is 1.65. The number of hydrogen-bond acceptors (Lipinski definition) is 2. The van der Waals surface area contributed by atoms with E-state index in [2.05, 4.69) is 24.1 Å². The van der Waals surface area contributed by atoms with Crippen molar-refractivity contribution >= 4 is 5.91 Å². The molecule has 2 N–H and O–H groups in total. The molecule has 16 heavy (non-hydrogen) atoms. The highest BCUT2D eigenvalue weighted by Gasteiger charge is 2.11. The van der Waals surface area contributed by atoms with E-state index in [-0.39, 0.29) is 17.5 Å². The molecule has 1 aromatic heterocycles. The van der Waals surface area contributed by atoms with Crippen molar-refractivity contribution in [2.24, 2.45) is 5.92 Å². The van der Waals surface area contributed by atoms with Crippen LogP contribution in [-0.2, 0) is 0 Å². The van der Waals surface area contributed by atoms with Gasteiger partial charge in [0.15, 0.2) is 0 Å². The average molecular weight is 222 g/mol. The van der Waals surface area contributed by atoms with Gasteiger partial charge in [-0.25, -0.2) is 0 Å². The first-order valence-electron chi connectivity index (χ1n) is 5.49. The molecular formula is C12H18N2O2. The van der Waals surface area contributed by atoms with Crippen LogP contribution in [0, 0.1) is 5.92 Å². The Hall–Kier alpha value is -1.58. The van der Waals surface area contributed by atoms with Crippen LogP contribution in [0.3, 0.4) is 0 Å². The molecule has 1 heterocycles. The minimum Gasteiger partial charge on any atom is -0.348 e. The molecular weight excluding hydrogens is 204 g/mol. The maximum absolute atomic E-state index is 11.7. The number of amides is 1. The molecule has 4 heteroatoms. The summed E-state index contributed by atoms with van der Waals surface area (Å²) in [5, 5.41) is 2.85. The first-order valence-corrected chi connectivity index (χ1v) is 5.49. The molecule has 0 radical (unpaired) electrons. The second kappa shape index (κ2) is 5.49. The first kappa shape index (κ1) is 12.5. The molecule has 1 atom stereocenters. The van der Waals surface area contributed by atoms with Crippen molar-refractivity contribution in [3.8, 4) is 0 Å². The van der Waals surface area contributed by atoms with Crippen LogP contribution in [0.2, 0.25) is 0 Å². The van der Waals surface area contributed by atoms with Gasteiger partial charge in [-0.15, -0.1) is 0 Å². The fourth-order valence-corrected chi connectivity index (χ4v) is 1.65. The van der Waals surface area contributed by atoms with Gasteiger partial charge in [0.1, 0.15) is 5.69 Å². The van der Waals surface area contributed by atoms with Gasteiger partial charge in [0.25, 0.3) is 5.91 Å². The van der Waals surface area contributed by atoms with Crippen molar-refractivity contribution in [1.82, 2.24) is 10.3 Å². The Morgan fingerprint density at radius 1 is 1.38 bits per heavy atom. The Balaban J connectivity index is 2.62. The first-order chi connectivity index (χ1) is 7.49. The zero-order valence-corrected chi connectivity index (χ0v) is 9.91. The lowest BCUT2D eigenvalue weighted by Gasteiger charge is -2.15. The SMILES string of the molecule is CC(C)CC(C)NC(=O)c1cccc(=O)[nH]1. The molecule has 0 saturated carbocycles. The molecule has 0 saturated heterocycles. The van der Waals surface area contributed by atoms with Gasteiger partial charge in [-0.2, -0.15) is 0 Å². The summed E-state index contributed by atoms with van der Waals surface area (Å²) in [4.78, 5) is 25.2. The van der Waals surface area contributed by atoms with E-state index in [9.17, 15) is 9.59 Å². The molecule has 0 fully saturated rings. The van der Waals surface area contributed by atoms with E-state index in [1.807, 2.05) is 6.92 Å². The van der Waals surface area contributed by atoms with Crippen LogP contribution in [0.15, 0.2) is 23.0 Å². The molecule has 0 spiro atoms. The topological polar surface area (TPSA) is 62.0 Å². The number of hydrogen-bond donors (Lipinski definition) is 2. The zero-order valence-electron chi connectivity index (χ0n) is 9.91. The molecule has 1 rings (SSSR count). The molecule has 0 aliphatic heterocycles. The summed E-state index contributed by atoms with van der Waals surface area (Å²) in [7, 11) is 0. The summed E-state index contributed by atoms with van der Waals surface area (Å²) >= 11 is 0. The Morgan fingerprint density at radius 3 is 2.62 bits per heavy atom. The second-order valence-corrected chi connectivity index (χ2v) is 4.43. The summed E-state index contributed by atoms with van der Waals surface area (Å²) in [5.74, 6) is 0.302. The van der Waals surface area contributed by atoms with E-state index in [0.29, 0.717) is 11.6 Å². The number of H-pyrrole nitrogens is 1. The quantitative estimate of drug-likeness (QED) is 0.811. The van der Waals surface area contributed by atoms with E-state index in [1.165, 1.54) is 6.07 Å². The number of nitrogens with one attached hydrogen (secondary N) is 2. The summed E-state index contributed by atoms with van der Waals surface area (Å²) in [5.41, 5.74) is 0.0484.